The van der Waals surface area contributed by atoms with Crippen molar-refractivity contribution >= 4 is 23.0 Å². The number of halogens is 1. The largest absolute Gasteiger partial charge is 0.387 e. The van der Waals surface area contributed by atoms with Gasteiger partial charge in [-0.1, -0.05) is 23.7 Å². The van der Waals surface area contributed by atoms with Gasteiger partial charge < -0.3 is 10.6 Å². The van der Waals surface area contributed by atoms with Crippen LogP contribution < -0.4 is 10.6 Å². The van der Waals surface area contributed by atoms with Gasteiger partial charge in [-0.25, -0.2) is 0 Å². The summed E-state index contributed by atoms with van der Waals surface area (Å²) in [4.78, 5) is 4.13. The van der Waals surface area contributed by atoms with Crippen LogP contribution in [0.3, 0.4) is 0 Å². The van der Waals surface area contributed by atoms with Crippen LogP contribution in [0.2, 0.25) is 5.02 Å². The van der Waals surface area contributed by atoms with Crippen LogP contribution in [0.4, 0.5) is 11.4 Å². The number of aromatic nitrogens is 1. The maximum absolute atomic E-state index is 5.92. The van der Waals surface area contributed by atoms with Crippen molar-refractivity contribution in [2.45, 2.75) is 6.54 Å². The Labute approximate surface area is 106 Å². The van der Waals surface area contributed by atoms with E-state index in [9.17, 15) is 0 Å². The highest BCUT2D eigenvalue weighted by atomic mass is 35.5. The van der Waals surface area contributed by atoms with Gasteiger partial charge in [0.2, 0.25) is 0 Å². The third kappa shape index (κ3) is 3.36. The molecule has 3 nitrogen and oxygen atoms in total. The molecule has 0 bridgehead atoms. The van der Waals surface area contributed by atoms with E-state index in [0.29, 0.717) is 0 Å². The van der Waals surface area contributed by atoms with Crippen molar-refractivity contribution in [3.63, 3.8) is 0 Å². The zero-order chi connectivity index (χ0) is 12.1. The maximum atomic E-state index is 5.92. The van der Waals surface area contributed by atoms with Crippen LogP contribution in [0.15, 0.2) is 42.7 Å². The summed E-state index contributed by atoms with van der Waals surface area (Å²) in [5.41, 5.74) is 3.12. The molecule has 4 heteroatoms. The lowest BCUT2D eigenvalue weighted by Gasteiger charge is -2.08. The Balaban J connectivity index is 2.02. The second kappa shape index (κ2) is 5.55. The molecule has 1 aromatic carbocycles. The van der Waals surface area contributed by atoms with E-state index in [0.717, 1.165) is 28.5 Å². The quantitative estimate of drug-likeness (QED) is 0.870. The van der Waals surface area contributed by atoms with Crippen molar-refractivity contribution < 1.29 is 0 Å². The molecular formula is C13H14ClN3. The highest BCUT2D eigenvalue weighted by Crippen LogP contribution is 2.15. The molecule has 0 aliphatic rings. The Bertz CT molecular complexity index is 500. The average Bonchev–Trinajstić information content (AvgIpc) is 2.37. The molecule has 0 saturated heterocycles. The van der Waals surface area contributed by atoms with E-state index in [2.05, 4.69) is 15.6 Å². The summed E-state index contributed by atoms with van der Waals surface area (Å²) in [5, 5.41) is 7.11. The molecule has 17 heavy (non-hydrogen) atoms. The van der Waals surface area contributed by atoms with Crippen molar-refractivity contribution in [2.75, 3.05) is 17.7 Å². The third-order valence-corrected chi connectivity index (χ3v) is 2.65. The minimum Gasteiger partial charge on any atom is -0.387 e. The van der Waals surface area contributed by atoms with Gasteiger partial charge in [0.15, 0.2) is 0 Å². The van der Waals surface area contributed by atoms with E-state index in [1.54, 1.807) is 12.4 Å². The molecule has 0 saturated carbocycles. The van der Waals surface area contributed by atoms with Gasteiger partial charge in [-0.15, -0.1) is 0 Å². The summed E-state index contributed by atoms with van der Waals surface area (Å²) < 4.78 is 0. The normalized spacial score (nSPS) is 10.0. The van der Waals surface area contributed by atoms with Gasteiger partial charge in [-0.05, 0) is 23.8 Å². The first kappa shape index (κ1) is 11.7. The van der Waals surface area contributed by atoms with E-state index in [4.69, 9.17) is 11.6 Å². The number of hydrogen-bond donors (Lipinski definition) is 2. The van der Waals surface area contributed by atoms with Gasteiger partial charge in [0.1, 0.15) is 0 Å². The Kier molecular flexibility index (Phi) is 3.83. The van der Waals surface area contributed by atoms with Crippen molar-refractivity contribution in [3.8, 4) is 0 Å². The molecule has 0 amide bonds. The molecule has 0 aliphatic heterocycles. The first-order valence-electron chi connectivity index (χ1n) is 5.39. The molecule has 0 unspecified atom stereocenters. The molecule has 0 atom stereocenters. The van der Waals surface area contributed by atoms with Crippen molar-refractivity contribution in [2.24, 2.45) is 0 Å². The van der Waals surface area contributed by atoms with Crippen LogP contribution in [0, 0.1) is 0 Å². The first-order valence-corrected chi connectivity index (χ1v) is 5.77. The molecule has 2 rings (SSSR count). The molecule has 0 fully saturated rings. The number of nitrogens with zero attached hydrogens (tertiary/aromatic N) is 1. The fourth-order valence-electron chi connectivity index (χ4n) is 1.52. The molecule has 0 spiro atoms. The summed E-state index contributed by atoms with van der Waals surface area (Å²) in [7, 11) is 1.87. The monoisotopic (exact) mass is 247 g/mol. The summed E-state index contributed by atoms with van der Waals surface area (Å²) in [6.45, 7) is 0.732. The van der Waals surface area contributed by atoms with Crippen LogP contribution in [-0.2, 0) is 6.54 Å². The van der Waals surface area contributed by atoms with Crippen LogP contribution in [0.5, 0.6) is 0 Å². The smallest absolute Gasteiger partial charge is 0.0550 e. The van der Waals surface area contributed by atoms with E-state index in [-0.39, 0.29) is 0 Å². The van der Waals surface area contributed by atoms with Crippen molar-refractivity contribution in [3.05, 3.63) is 53.3 Å². The Hall–Kier alpha value is -1.74. The van der Waals surface area contributed by atoms with Gasteiger partial charge in [-0.2, -0.15) is 0 Å². The highest BCUT2D eigenvalue weighted by Gasteiger charge is 1.97. The van der Waals surface area contributed by atoms with Crippen LogP contribution in [0.1, 0.15) is 5.56 Å². The molecule has 0 aliphatic carbocycles. The SMILES string of the molecule is CNc1cncc(NCc2cccc(Cl)c2)c1. The van der Waals surface area contributed by atoms with Crippen molar-refractivity contribution in [1.82, 2.24) is 4.98 Å². The van der Waals surface area contributed by atoms with Gasteiger partial charge >= 0.3 is 0 Å². The molecule has 1 aromatic heterocycles. The fourth-order valence-corrected chi connectivity index (χ4v) is 1.74. The summed E-state index contributed by atoms with van der Waals surface area (Å²) in [6, 6.07) is 9.81. The Morgan fingerprint density at radius 3 is 2.76 bits per heavy atom. The lowest BCUT2D eigenvalue weighted by atomic mass is 10.2. The van der Waals surface area contributed by atoms with E-state index < -0.39 is 0 Å². The number of anilines is 2. The second-order valence-corrected chi connectivity index (χ2v) is 4.13. The zero-order valence-corrected chi connectivity index (χ0v) is 10.3. The molecule has 2 aromatic rings. The molecular weight excluding hydrogens is 234 g/mol. The lowest BCUT2D eigenvalue weighted by Crippen LogP contribution is -2.00. The summed E-state index contributed by atoms with van der Waals surface area (Å²) in [6.07, 6.45) is 3.58. The number of pyridine rings is 1. The number of nitrogens with one attached hydrogen (secondary N) is 2. The Morgan fingerprint density at radius 1 is 1.18 bits per heavy atom. The molecule has 0 radical (unpaired) electrons. The minimum atomic E-state index is 0.732. The van der Waals surface area contributed by atoms with Gasteiger partial charge in [0, 0.05) is 18.6 Å². The summed E-state index contributed by atoms with van der Waals surface area (Å²) >= 11 is 5.92. The molecule has 2 N–H and O–H groups in total. The van der Waals surface area contributed by atoms with E-state index >= 15 is 0 Å². The second-order valence-electron chi connectivity index (χ2n) is 3.70. The van der Waals surface area contributed by atoms with E-state index in [1.165, 1.54) is 0 Å². The lowest BCUT2D eigenvalue weighted by molar-refractivity contribution is 1.14. The number of hydrogen-bond acceptors (Lipinski definition) is 3. The summed E-state index contributed by atoms with van der Waals surface area (Å²) in [5.74, 6) is 0. The molecule has 1 heterocycles. The van der Waals surface area contributed by atoms with Crippen LogP contribution >= 0.6 is 11.6 Å². The fraction of sp³-hybridized carbons (Fsp3) is 0.154. The number of benzene rings is 1. The molecule has 88 valence electrons. The van der Waals surface area contributed by atoms with Gasteiger partial charge in [0.05, 0.1) is 23.8 Å². The topological polar surface area (TPSA) is 37.0 Å². The maximum Gasteiger partial charge on any atom is 0.0550 e. The van der Waals surface area contributed by atoms with Crippen LogP contribution in [-0.4, -0.2) is 12.0 Å². The predicted molar refractivity (Wildman–Crippen MR) is 72.6 cm³/mol. The predicted octanol–water partition coefficient (Wildman–Crippen LogP) is 3.39. The third-order valence-electron chi connectivity index (χ3n) is 2.41. The van der Waals surface area contributed by atoms with Crippen LogP contribution in [0.25, 0.3) is 0 Å². The number of rotatable bonds is 4. The average molecular weight is 248 g/mol. The zero-order valence-electron chi connectivity index (χ0n) is 9.57. The first-order chi connectivity index (χ1) is 8.28. The van der Waals surface area contributed by atoms with E-state index in [1.807, 2.05) is 37.4 Å². The highest BCUT2D eigenvalue weighted by molar-refractivity contribution is 6.30. The standard InChI is InChI=1S/C13H14ClN3/c1-15-12-6-13(9-16-8-12)17-7-10-3-2-4-11(14)5-10/h2-6,8-9,15,17H,7H2,1H3. The minimum absolute atomic E-state index is 0.732. The van der Waals surface area contributed by atoms with Gasteiger partial charge in [-0.3, -0.25) is 4.98 Å². The Morgan fingerprint density at radius 2 is 2.00 bits per heavy atom. The van der Waals surface area contributed by atoms with Crippen molar-refractivity contribution in [1.29, 1.82) is 0 Å². The van der Waals surface area contributed by atoms with Gasteiger partial charge in [0.25, 0.3) is 0 Å².